The molecule has 14 heavy (non-hydrogen) atoms. The average molecular weight is 198 g/mol. The molecule has 1 fully saturated rings. The minimum atomic E-state index is 0.676. The molecule has 0 aromatic heterocycles. The maximum Gasteiger partial charge on any atom is 0.0189 e. The number of likely N-dealkylation sites (tertiary alicyclic amines) is 1. The molecule has 1 saturated heterocycles. The number of likely N-dealkylation sites (N-methyl/N-ethyl adjacent to an activating group) is 1. The van der Waals surface area contributed by atoms with Gasteiger partial charge in [-0.05, 0) is 39.8 Å². The van der Waals surface area contributed by atoms with E-state index in [2.05, 4.69) is 31.1 Å². The summed E-state index contributed by atoms with van der Waals surface area (Å²) in [5, 5.41) is 3.40. The van der Waals surface area contributed by atoms with Gasteiger partial charge >= 0.3 is 0 Å². The monoisotopic (exact) mass is 198 g/mol. The van der Waals surface area contributed by atoms with Gasteiger partial charge in [-0.1, -0.05) is 19.8 Å². The van der Waals surface area contributed by atoms with Gasteiger partial charge < -0.3 is 5.32 Å². The van der Waals surface area contributed by atoms with Crippen LogP contribution in [0.4, 0.5) is 0 Å². The SMILES string of the molecule is CCC(CN1CCCCCC1C)NC. The highest BCUT2D eigenvalue weighted by atomic mass is 15.2. The maximum absolute atomic E-state index is 3.40. The molecule has 84 valence electrons. The van der Waals surface area contributed by atoms with E-state index in [1.165, 1.54) is 45.2 Å². The molecule has 0 bridgehead atoms. The van der Waals surface area contributed by atoms with Crippen molar-refractivity contribution in [2.75, 3.05) is 20.1 Å². The van der Waals surface area contributed by atoms with Crippen molar-refractivity contribution < 1.29 is 0 Å². The molecule has 0 aliphatic carbocycles. The molecular formula is C12H26N2. The Hall–Kier alpha value is -0.0800. The van der Waals surface area contributed by atoms with Gasteiger partial charge in [0.1, 0.15) is 0 Å². The zero-order valence-corrected chi connectivity index (χ0v) is 10.1. The van der Waals surface area contributed by atoms with E-state index in [9.17, 15) is 0 Å². The predicted octanol–water partition coefficient (Wildman–Crippen LogP) is 2.25. The Labute approximate surface area is 89.1 Å². The molecule has 2 nitrogen and oxygen atoms in total. The van der Waals surface area contributed by atoms with E-state index in [1.807, 2.05) is 0 Å². The van der Waals surface area contributed by atoms with Crippen LogP contribution < -0.4 is 5.32 Å². The van der Waals surface area contributed by atoms with Crippen LogP contribution in [0, 0.1) is 0 Å². The molecule has 1 aliphatic rings. The van der Waals surface area contributed by atoms with Gasteiger partial charge in [0, 0.05) is 18.6 Å². The maximum atomic E-state index is 3.40. The fourth-order valence-electron chi connectivity index (χ4n) is 2.31. The third-order valence-corrected chi connectivity index (χ3v) is 3.55. The van der Waals surface area contributed by atoms with E-state index in [1.54, 1.807) is 0 Å². The summed E-state index contributed by atoms with van der Waals surface area (Å²) in [5.74, 6) is 0. The Bertz CT molecular complexity index is 143. The summed E-state index contributed by atoms with van der Waals surface area (Å²) in [5.41, 5.74) is 0. The van der Waals surface area contributed by atoms with Crippen LogP contribution in [0.3, 0.4) is 0 Å². The van der Waals surface area contributed by atoms with Crippen LogP contribution in [0.2, 0.25) is 0 Å². The second-order valence-corrected chi connectivity index (χ2v) is 4.59. The summed E-state index contributed by atoms with van der Waals surface area (Å²) >= 11 is 0. The van der Waals surface area contributed by atoms with Crippen molar-refractivity contribution in [1.82, 2.24) is 10.2 Å². The summed E-state index contributed by atoms with van der Waals surface area (Å²) in [7, 11) is 2.08. The lowest BCUT2D eigenvalue weighted by atomic mass is 10.1. The van der Waals surface area contributed by atoms with Gasteiger partial charge in [-0.25, -0.2) is 0 Å². The van der Waals surface area contributed by atoms with Gasteiger partial charge in [-0.15, -0.1) is 0 Å². The molecule has 1 aliphatic heterocycles. The number of nitrogens with zero attached hydrogens (tertiary/aromatic N) is 1. The highest BCUT2D eigenvalue weighted by Gasteiger charge is 2.18. The van der Waals surface area contributed by atoms with Crippen LogP contribution in [0.15, 0.2) is 0 Å². The molecule has 2 atom stereocenters. The quantitative estimate of drug-likeness (QED) is 0.745. The Kier molecular flexibility index (Phi) is 5.49. The highest BCUT2D eigenvalue weighted by Crippen LogP contribution is 2.16. The Morgan fingerprint density at radius 3 is 2.79 bits per heavy atom. The molecule has 2 unspecified atom stereocenters. The number of nitrogens with one attached hydrogen (secondary N) is 1. The molecular weight excluding hydrogens is 172 g/mol. The molecule has 1 rings (SSSR count). The van der Waals surface area contributed by atoms with E-state index in [4.69, 9.17) is 0 Å². The first kappa shape index (κ1) is 12.0. The molecule has 1 N–H and O–H groups in total. The van der Waals surface area contributed by atoms with Gasteiger partial charge in [0.05, 0.1) is 0 Å². The Balaban J connectivity index is 2.39. The zero-order valence-electron chi connectivity index (χ0n) is 10.1. The second kappa shape index (κ2) is 6.41. The molecule has 0 radical (unpaired) electrons. The molecule has 2 heteroatoms. The van der Waals surface area contributed by atoms with Crippen molar-refractivity contribution in [3.63, 3.8) is 0 Å². The Morgan fingerprint density at radius 1 is 1.36 bits per heavy atom. The summed E-state index contributed by atoms with van der Waals surface area (Å²) in [4.78, 5) is 2.66. The summed E-state index contributed by atoms with van der Waals surface area (Å²) in [6.45, 7) is 7.19. The van der Waals surface area contributed by atoms with E-state index < -0.39 is 0 Å². The second-order valence-electron chi connectivity index (χ2n) is 4.59. The summed E-state index contributed by atoms with van der Waals surface area (Å²) in [6, 6.07) is 1.47. The summed E-state index contributed by atoms with van der Waals surface area (Å²) < 4.78 is 0. The summed E-state index contributed by atoms with van der Waals surface area (Å²) in [6.07, 6.45) is 6.87. The van der Waals surface area contributed by atoms with Gasteiger partial charge in [0.25, 0.3) is 0 Å². The smallest absolute Gasteiger partial charge is 0.0189 e. The van der Waals surface area contributed by atoms with Crippen LogP contribution in [-0.2, 0) is 0 Å². The predicted molar refractivity (Wildman–Crippen MR) is 62.6 cm³/mol. The molecule has 0 aromatic rings. The highest BCUT2D eigenvalue weighted by molar-refractivity contribution is 4.76. The number of hydrogen-bond acceptors (Lipinski definition) is 2. The van der Waals surface area contributed by atoms with E-state index >= 15 is 0 Å². The fraction of sp³-hybridized carbons (Fsp3) is 1.00. The number of hydrogen-bond donors (Lipinski definition) is 1. The first-order chi connectivity index (χ1) is 6.77. The first-order valence-corrected chi connectivity index (χ1v) is 6.19. The minimum Gasteiger partial charge on any atom is -0.316 e. The normalized spacial score (nSPS) is 27.2. The lowest BCUT2D eigenvalue weighted by Crippen LogP contribution is -2.43. The average Bonchev–Trinajstić information content (AvgIpc) is 2.40. The zero-order chi connectivity index (χ0) is 10.4. The molecule has 0 spiro atoms. The largest absolute Gasteiger partial charge is 0.316 e. The van der Waals surface area contributed by atoms with Crippen LogP contribution >= 0.6 is 0 Å². The first-order valence-electron chi connectivity index (χ1n) is 6.19. The van der Waals surface area contributed by atoms with Crippen LogP contribution in [0.25, 0.3) is 0 Å². The standard InChI is InChI=1S/C12H26N2/c1-4-12(13-3)10-14-9-7-5-6-8-11(14)2/h11-13H,4-10H2,1-3H3. The Morgan fingerprint density at radius 2 is 2.14 bits per heavy atom. The van der Waals surface area contributed by atoms with Gasteiger partial charge in [-0.2, -0.15) is 0 Å². The molecule has 0 saturated carbocycles. The van der Waals surface area contributed by atoms with E-state index in [-0.39, 0.29) is 0 Å². The minimum absolute atomic E-state index is 0.676. The van der Waals surface area contributed by atoms with Crippen molar-refractivity contribution in [2.24, 2.45) is 0 Å². The van der Waals surface area contributed by atoms with E-state index in [0.717, 1.165) is 6.04 Å². The van der Waals surface area contributed by atoms with Crippen molar-refractivity contribution in [3.8, 4) is 0 Å². The van der Waals surface area contributed by atoms with Gasteiger partial charge in [0.2, 0.25) is 0 Å². The fourth-order valence-corrected chi connectivity index (χ4v) is 2.31. The third-order valence-electron chi connectivity index (χ3n) is 3.55. The lowest BCUT2D eigenvalue weighted by molar-refractivity contribution is 0.191. The lowest BCUT2D eigenvalue weighted by Gasteiger charge is -2.30. The van der Waals surface area contributed by atoms with E-state index in [0.29, 0.717) is 6.04 Å². The topological polar surface area (TPSA) is 15.3 Å². The number of rotatable bonds is 4. The van der Waals surface area contributed by atoms with Gasteiger partial charge in [-0.3, -0.25) is 4.90 Å². The van der Waals surface area contributed by atoms with Crippen LogP contribution in [0.1, 0.15) is 46.0 Å². The third kappa shape index (κ3) is 3.58. The van der Waals surface area contributed by atoms with Crippen LogP contribution in [-0.4, -0.2) is 37.1 Å². The van der Waals surface area contributed by atoms with Crippen LogP contribution in [0.5, 0.6) is 0 Å². The molecule has 0 aromatic carbocycles. The van der Waals surface area contributed by atoms with Crippen molar-refractivity contribution in [3.05, 3.63) is 0 Å². The van der Waals surface area contributed by atoms with Crippen molar-refractivity contribution >= 4 is 0 Å². The van der Waals surface area contributed by atoms with Crippen molar-refractivity contribution in [1.29, 1.82) is 0 Å². The molecule has 0 amide bonds. The van der Waals surface area contributed by atoms with Crippen molar-refractivity contribution in [2.45, 2.75) is 58.0 Å². The van der Waals surface area contributed by atoms with Gasteiger partial charge in [0.15, 0.2) is 0 Å². The molecule has 1 heterocycles.